The van der Waals surface area contributed by atoms with E-state index >= 15 is 0 Å². The molecule has 6 heteroatoms. The summed E-state index contributed by atoms with van der Waals surface area (Å²) in [5, 5.41) is 3.00. The molecule has 1 atom stereocenters. The Bertz CT molecular complexity index is 713. The van der Waals surface area contributed by atoms with Crippen molar-refractivity contribution in [3.8, 4) is 5.75 Å². The van der Waals surface area contributed by atoms with Gasteiger partial charge in [0.05, 0.1) is 13.7 Å². The summed E-state index contributed by atoms with van der Waals surface area (Å²) in [4.78, 5) is 19.0. The number of nitrogens with one attached hydrogen (secondary N) is 1. The molecule has 2 aromatic rings. The molecule has 2 heterocycles. The van der Waals surface area contributed by atoms with E-state index in [1.54, 1.807) is 7.11 Å². The molecule has 0 radical (unpaired) electrons. The summed E-state index contributed by atoms with van der Waals surface area (Å²) in [6.07, 6.45) is 6.05. The number of rotatable bonds is 6. The number of carbonyl (C=O) groups is 1. The third-order valence-corrected chi connectivity index (χ3v) is 4.76. The van der Waals surface area contributed by atoms with Crippen LogP contribution in [0.3, 0.4) is 0 Å². The van der Waals surface area contributed by atoms with Crippen LogP contribution < -0.4 is 10.1 Å². The number of amides is 1. The fourth-order valence-electron chi connectivity index (χ4n) is 3.48. The SMILES string of the molecule is COc1ccccc1CNC(=O)CN1CCCC(c2nccn2C)C1. The lowest BCUT2D eigenvalue weighted by Crippen LogP contribution is -2.42. The molecule has 3 rings (SSSR count). The van der Waals surface area contributed by atoms with Gasteiger partial charge in [0.15, 0.2) is 0 Å². The van der Waals surface area contributed by atoms with Crippen LogP contribution in [0.4, 0.5) is 0 Å². The lowest BCUT2D eigenvalue weighted by molar-refractivity contribution is -0.122. The van der Waals surface area contributed by atoms with Crippen molar-refractivity contribution in [2.45, 2.75) is 25.3 Å². The molecule has 1 saturated heterocycles. The highest BCUT2D eigenvalue weighted by Gasteiger charge is 2.25. The van der Waals surface area contributed by atoms with Crippen LogP contribution >= 0.6 is 0 Å². The number of para-hydroxylation sites is 1. The first kappa shape index (κ1) is 17.5. The summed E-state index contributed by atoms with van der Waals surface area (Å²) in [7, 11) is 3.67. The van der Waals surface area contributed by atoms with Gasteiger partial charge in [-0.25, -0.2) is 4.98 Å². The quantitative estimate of drug-likeness (QED) is 0.871. The summed E-state index contributed by atoms with van der Waals surface area (Å²) in [5.41, 5.74) is 0.989. The number of aromatic nitrogens is 2. The second-order valence-corrected chi connectivity index (χ2v) is 6.56. The highest BCUT2D eigenvalue weighted by Crippen LogP contribution is 2.25. The summed E-state index contributed by atoms with van der Waals surface area (Å²) >= 11 is 0. The van der Waals surface area contributed by atoms with Gasteiger partial charge in [0.25, 0.3) is 0 Å². The zero-order valence-corrected chi connectivity index (χ0v) is 14.9. The number of piperidine rings is 1. The Morgan fingerprint density at radius 3 is 3.00 bits per heavy atom. The molecule has 1 fully saturated rings. The Balaban J connectivity index is 1.51. The first-order chi connectivity index (χ1) is 12.2. The minimum atomic E-state index is 0.0476. The molecule has 0 spiro atoms. The minimum Gasteiger partial charge on any atom is -0.496 e. The number of likely N-dealkylation sites (tertiary alicyclic amines) is 1. The average Bonchev–Trinajstić information content (AvgIpc) is 3.06. The molecule has 1 N–H and O–H groups in total. The normalized spacial score (nSPS) is 18.1. The van der Waals surface area contributed by atoms with E-state index in [9.17, 15) is 4.79 Å². The van der Waals surface area contributed by atoms with Crippen LogP contribution in [0.15, 0.2) is 36.7 Å². The highest BCUT2D eigenvalue weighted by molar-refractivity contribution is 5.78. The number of nitrogens with zero attached hydrogens (tertiary/aromatic N) is 3. The van der Waals surface area contributed by atoms with Crippen molar-refractivity contribution in [1.29, 1.82) is 0 Å². The van der Waals surface area contributed by atoms with E-state index in [-0.39, 0.29) is 5.91 Å². The van der Waals surface area contributed by atoms with Crippen molar-refractivity contribution in [3.05, 3.63) is 48.0 Å². The van der Waals surface area contributed by atoms with E-state index < -0.39 is 0 Å². The maximum Gasteiger partial charge on any atom is 0.234 e. The van der Waals surface area contributed by atoms with Gasteiger partial charge in [0.1, 0.15) is 11.6 Å². The van der Waals surface area contributed by atoms with Gasteiger partial charge in [-0.15, -0.1) is 0 Å². The maximum atomic E-state index is 12.3. The number of benzene rings is 1. The van der Waals surface area contributed by atoms with Crippen LogP contribution in [0, 0.1) is 0 Å². The molecule has 0 bridgehead atoms. The number of hydrogen-bond acceptors (Lipinski definition) is 4. The molecule has 0 aliphatic carbocycles. The zero-order valence-electron chi connectivity index (χ0n) is 14.9. The number of methoxy groups -OCH3 is 1. The fraction of sp³-hybridized carbons (Fsp3) is 0.474. The first-order valence-corrected chi connectivity index (χ1v) is 8.75. The maximum absolute atomic E-state index is 12.3. The standard InChI is InChI=1S/C19H26N4O2/c1-22-11-9-20-19(22)16-7-5-10-23(13-16)14-18(24)21-12-15-6-3-4-8-17(15)25-2/h3-4,6,8-9,11,16H,5,7,10,12-14H2,1-2H3,(H,21,24). The van der Waals surface area contributed by atoms with Gasteiger partial charge in [0.2, 0.25) is 5.91 Å². The van der Waals surface area contributed by atoms with Crippen LogP contribution in [-0.2, 0) is 18.4 Å². The predicted octanol–water partition coefficient (Wildman–Crippen LogP) is 1.92. The van der Waals surface area contributed by atoms with Crippen molar-refractivity contribution in [2.24, 2.45) is 7.05 Å². The van der Waals surface area contributed by atoms with Gasteiger partial charge < -0.3 is 14.6 Å². The fourth-order valence-corrected chi connectivity index (χ4v) is 3.48. The molecule has 1 unspecified atom stereocenters. The number of ether oxygens (including phenoxy) is 1. The number of carbonyl (C=O) groups excluding carboxylic acids is 1. The summed E-state index contributed by atoms with van der Waals surface area (Å²) in [6.45, 7) is 2.76. The molecule has 1 aliphatic heterocycles. The van der Waals surface area contributed by atoms with Crippen molar-refractivity contribution < 1.29 is 9.53 Å². The molecule has 0 saturated carbocycles. The first-order valence-electron chi connectivity index (χ1n) is 8.75. The zero-order chi connectivity index (χ0) is 17.6. The van der Waals surface area contributed by atoms with Crippen LogP contribution in [-0.4, -0.2) is 47.1 Å². The van der Waals surface area contributed by atoms with Gasteiger partial charge >= 0.3 is 0 Å². The Morgan fingerprint density at radius 1 is 1.40 bits per heavy atom. The third-order valence-electron chi connectivity index (χ3n) is 4.76. The topological polar surface area (TPSA) is 59.4 Å². The van der Waals surface area contributed by atoms with Crippen molar-refractivity contribution in [3.63, 3.8) is 0 Å². The van der Waals surface area contributed by atoms with Gasteiger partial charge in [-0.2, -0.15) is 0 Å². The Morgan fingerprint density at radius 2 is 2.24 bits per heavy atom. The Labute approximate surface area is 148 Å². The largest absolute Gasteiger partial charge is 0.496 e. The lowest BCUT2D eigenvalue weighted by atomic mass is 9.97. The minimum absolute atomic E-state index is 0.0476. The molecule has 1 aliphatic rings. The second kappa shape index (κ2) is 8.16. The lowest BCUT2D eigenvalue weighted by Gasteiger charge is -2.31. The van der Waals surface area contributed by atoms with Crippen molar-refractivity contribution >= 4 is 5.91 Å². The van der Waals surface area contributed by atoms with Gasteiger partial charge in [-0.1, -0.05) is 18.2 Å². The van der Waals surface area contributed by atoms with E-state index in [1.165, 1.54) is 0 Å². The summed E-state index contributed by atoms with van der Waals surface area (Å²) in [6, 6.07) is 7.75. The van der Waals surface area contributed by atoms with E-state index in [0.29, 0.717) is 19.0 Å². The summed E-state index contributed by atoms with van der Waals surface area (Å²) < 4.78 is 7.40. The second-order valence-electron chi connectivity index (χ2n) is 6.56. The van der Waals surface area contributed by atoms with E-state index in [0.717, 1.165) is 43.1 Å². The number of aryl methyl sites for hydroxylation is 1. The molecule has 1 aromatic heterocycles. The number of hydrogen-bond donors (Lipinski definition) is 1. The van der Waals surface area contributed by atoms with Crippen LogP contribution in [0.5, 0.6) is 5.75 Å². The van der Waals surface area contributed by atoms with Gasteiger partial charge in [0, 0.05) is 44.0 Å². The Kier molecular flexibility index (Phi) is 5.71. The monoisotopic (exact) mass is 342 g/mol. The molecule has 6 nitrogen and oxygen atoms in total. The molecule has 25 heavy (non-hydrogen) atoms. The smallest absolute Gasteiger partial charge is 0.234 e. The molecule has 1 amide bonds. The molecule has 134 valence electrons. The Hall–Kier alpha value is -2.34. The van der Waals surface area contributed by atoms with E-state index in [4.69, 9.17) is 4.74 Å². The number of imidazole rings is 1. The van der Waals surface area contributed by atoms with Crippen molar-refractivity contribution in [2.75, 3.05) is 26.7 Å². The van der Waals surface area contributed by atoms with Gasteiger partial charge in [-0.05, 0) is 25.5 Å². The molecular formula is C19H26N4O2. The average molecular weight is 342 g/mol. The van der Waals surface area contributed by atoms with E-state index in [1.807, 2.05) is 43.7 Å². The van der Waals surface area contributed by atoms with Crippen LogP contribution in [0.25, 0.3) is 0 Å². The predicted molar refractivity (Wildman–Crippen MR) is 96.5 cm³/mol. The van der Waals surface area contributed by atoms with Crippen LogP contribution in [0.1, 0.15) is 30.1 Å². The molecule has 1 aromatic carbocycles. The van der Waals surface area contributed by atoms with Gasteiger partial charge in [-0.3, -0.25) is 9.69 Å². The highest BCUT2D eigenvalue weighted by atomic mass is 16.5. The molecular weight excluding hydrogens is 316 g/mol. The van der Waals surface area contributed by atoms with Crippen LogP contribution in [0.2, 0.25) is 0 Å². The van der Waals surface area contributed by atoms with E-state index in [2.05, 4.69) is 19.8 Å². The van der Waals surface area contributed by atoms with Crippen molar-refractivity contribution in [1.82, 2.24) is 19.8 Å². The third kappa shape index (κ3) is 4.39. The summed E-state index contributed by atoms with van der Waals surface area (Å²) in [5.74, 6) is 2.36.